The first-order chi connectivity index (χ1) is 30.2. The standard InChI is InChI=1S/C50H67N5O6S/c1-6-12-37-15-17-39(18-16-37)42-23-28-46(43(33-42)34-54-55(35-57-32-31-56-5)36(4)62-47-14-10-9-13-38(47)7-2)61-50(53)41-21-19-40(20-22-41)49(52)60-45-26-24-44(25-27-45)58-29-11-30-59-48(51)8-3/h8-10,13-14,23-28,33-34,37,39-41,51-53H,3-4,6-7,11-12,15-22,29-32,35H2,1-2,5H3/b51-48?,52-49?,53-50?,54-34+. The number of benzene rings is 3. The van der Waals surface area contributed by atoms with E-state index in [1.54, 1.807) is 36.0 Å². The van der Waals surface area contributed by atoms with Crippen LogP contribution in [0.1, 0.15) is 107 Å². The number of aryl methyl sites for hydroxylation is 1. The minimum absolute atomic E-state index is 0.0361. The van der Waals surface area contributed by atoms with Gasteiger partial charge in [0.2, 0.25) is 5.90 Å². The van der Waals surface area contributed by atoms with Crippen molar-refractivity contribution in [3.63, 3.8) is 0 Å². The Bertz CT molecular complexity index is 1940. The summed E-state index contributed by atoms with van der Waals surface area (Å²) in [6.45, 7) is 14.3. The Morgan fingerprint density at radius 1 is 0.823 bits per heavy atom. The van der Waals surface area contributed by atoms with E-state index in [0.717, 1.165) is 53.5 Å². The Morgan fingerprint density at radius 3 is 2.19 bits per heavy atom. The summed E-state index contributed by atoms with van der Waals surface area (Å²) in [6, 6.07) is 22.0. The zero-order valence-electron chi connectivity index (χ0n) is 37.0. The van der Waals surface area contributed by atoms with Crippen LogP contribution in [0.4, 0.5) is 0 Å². The Labute approximate surface area is 373 Å². The summed E-state index contributed by atoms with van der Waals surface area (Å²) in [5, 5.41) is 32.8. The van der Waals surface area contributed by atoms with E-state index in [1.807, 2.05) is 30.5 Å². The molecule has 0 bridgehead atoms. The molecule has 0 amide bonds. The normalized spacial score (nSPS) is 18.8. The molecule has 2 saturated carbocycles. The van der Waals surface area contributed by atoms with Crippen molar-refractivity contribution in [2.24, 2.45) is 22.9 Å². The molecule has 3 aromatic rings. The fourth-order valence-corrected chi connectivity index (χ4v) is 8.95. The number of thioether (sulfide) groups is 1. The van der Waals surface area contributed by atoms with Crippen molar-refractivity contribution in [1.82, 2.24) is 5.01 Å². The maximum atomic E-state index is 9.14. The van der Waals surface area contributed by atoms with Crippen LogP contribution in [0.25, 0.3) is 0 Å². The van der Waals surface area contributed by atoms with Crippen LogP contribution >= 0.6 is 11.8 Å². The van der Waals surface area contributed by atoms with Gasteiger partial charge in [-0.05, 0) is 129 Å². The van der Waals surface area contributed by atoms with E-state index >= 15 is 0 Å². The lowest BCUT2D eigenvalue weighted by molar-refractivity contribution is 0.0211. The molecular formula is C50H67N5O6S. The Kier molecular flexibility index (Phi) is 20.1. The molecule has 3 aromatic carbocycles. The van der Waals surface area contributed by atoms with Crippen LogP contribution in [0.5, 0.6) is 17.2 Å². The quantitative estimate of drug-likeness (QED) is 0.0202. The van der Waals surface area contributed by atoms with Crippen molar-refractivity contribution >= 4 is 35.7 Å². The third-order valence-electron chi connectivity index (χ3n) is 11.6. The number of ether oxygens (including phenoxy) is 6. The average Bonchev–Trinajstić information content (AvgIpc) is 3.30. The van der Waals surface area contributed by atoms with Gasteiger partial charge in [-0.2, -0.15) is 5.10 Å². The summed E-state index contributed by atoms with van der Waals surface area (Å²) in [4.78, 5) is 1.13. The minimum Gasteiger partial charge on any atom is -0.493 e. The number of rotatable bonds is 24. The zero-order valence-corrected chi connectivity index (χ0v) is 37.8. The summed E-state index contributed by atoms with van der Waals surface area (Å²) < 4.78 is 34.6. The Balaban J connectivity index is 1.23. The van der Waals surface area contributed by atoms with Crippen LogP contribution in [0.2, 0.25) is 0 Å². The second kappa shape index (κ2) is 25.9. The summed E-state index contributed by atoms with van der Waals surface area (Å²) in [6.07, 6.45) is 15.0. The predicted octanol–water partition coefficient (Wildman–Crippen LogP) is 12.0. The van der Waals surface area contributed by atoms with E-state index in [1.165, 1.54) is 55.7 Å². The predicted molar refractivity (Wildman–Crippen MR) is 252 cm³/mol. The Hall–Kier alpha value is -4.91. The second-order valence-electron chi connectivity index (χ2n) is 16.0. The smallest absolute Gasteiger partial charge is 0.205 e. The van der Waals surface area contributed by atoms with Crippen LogP contribution in [0.3, 0.4) is 0 Å². The number of nitrogens with one attached hydrogen (secondary N) is 3. The zero-order chi connectivity index (χ0) is 44.1. The van der Waals surface area contributed by atoms with Crippen LogP contribution in [-0.2, 0) is 20.6 Å². The lowest BCUT2D eigenvalue weighted by atomic mass is 9.77. The molecule has 0 spiro atoms. The van der Waals surface area contributed by atoms with E-state index in [4.69, 9.17) is 49.8 Å². The molecule has 2 aliphatic rings. The molecule has 0 radical (unpaired) electrons. The summed E-state index contributed by atoms with van der Waals surface area (Å²) in [5.41, 5.74) is 3.34. The number of nitrogens with zero attached hydrogens (tertiary/aromatic N) is 2. The minimum atomic E-state index is -0.0675. The topological polar surface area (TPSA) is 143 Å². The largest absolute Gasteiger partial charge is 0.493 e. The first-order valence-electron chi connectivity index (χ1n) is 22.3. The molecule has 62 heavy (non-hydrogen) atoms. The fourth-order valence-electron chi connectivity index (χ4n) is 8.00. The second-order valence-corrected chi connectivity index (χ2v) is 17.1. The summed E-state index contributed by atoms with van der Waals surface area (Å²) in [7, 11) is 1.66. The van der Waals surface area contributed by atoms with Crippen molar-refractivity contribution < 1.29 is 28.4 Å². The third kappa shape index (κ3) is 15.2. The number of hydrazone groups is 1. The highest BCUT2D eigenvalue weighted by atomic mass is 32.2. The first-order valence-corrected chi connectivity index (χ1v) is 23.1. The molecule has 0 atom stereocenters. The van der Waals surface area contributed by atoms with Crippen molar-refractivity contribution in [2.45, 2.75) is 102 Å². The molecule has 334 valence electrons. The third-order valence-corrected chi connectivity index (χ3v) is 12.7. The van der Waals surface area contributed by atoms with Gasteiger partial charge in [0.25, 0.3) is 0 Å². The first kappa shape index (κ1) is 48.1. The lowest BCUT2D eigenvalue weighted by Gasteiger charge is -2.30. The molecule has 0 saturated heterocycles. The molecule has 5 rings (SSSR count). The van der Waals surface area contributed by atoms with Crippen molar-refractivity contribution in [2.75, 3.05) is 40.3 Å². The van der Waals surface area contributed by atoms with Crippen LogP contribution in [0.15, 0.2) is 101 Å². The molecule has 2 aliphatic carbocycles. The molecule has 12 heteroatoms. The highest BCUT2D eigenvalue weighted by Gasteiger charge is 2.30. The van der Waals surface area contributed by atoms with E-state index in [9.17, 15) is 0 Å². The molecule has 0 aliphatic heterocycles. The molecule has 2 fully saturated rings. The van der Waals surface area contributed by atoms with Gasteiger partial charge >= 0.3 is 0 Å². The van der Waals surface area contributed by atoms with Crippen molar-refractivity contribution in [3.05, 3.63) is 108 Å². The lowest BCUT2D eigenvalue weighted by Crippen LogP contribution is -2.30. The number of hydrogen-bond acceptors (Lipinski definition) is 12. The molecule has 0 heterocycles. The number of hydrogen-bond donors (Lipinski definition) is 3. The molecular weight excluding hydrogens is 799 g/mol. The maximum absolute atomic E-state index is 9.14. The number of methoxy groups -OCH3 is 1. The summed E-state index contributed by atoms with van der Waals surface area (Å²) >= 11 is 1.57. The fraction of sp³-hybridized carbons (Fsp3) is 0.480. The van der Waals surface area contributed by atoms with Crippen LogP contribution in [-0.4, -0.2) is 69.2 Å². The van der Waals surface area contributed by atoms with Crippen molar-refractivity contribution in [3.8, 4) is 17.2 Å². The van der Waals surface area contributed by atoms with Crippen LogP contribution < -0.4 is 14.2 Å². The molecule has 11 nitrogen and oxygen atoms in total. The van der Waals surface area contributed by atoms with Gasteiger partial charge in [-0.1, -0.05) is 75.9 Å². The monoisotopic (exact) mass is 865 g/mol. The SMILES string of the molecule is C=CC(=N)OCCCOc1ccc(OC(=N)C2CCC(C(=N)Oc3ccc(C4CCC(CCC)CC4)cc3/C=N/N(COCCOC)C(=C)Sc3ccccc3CC)CC2)cc1. The molecule has 3 N–H and O–H groups in total. The van der Waals surface area contributed by atoms with Gasteiger partial charge in [0, 0.05) is 35.8 Å². The van der Waals surface area contributed by atoms with Gasteiger partial charge < -0.3 is 28.4 Å². The van der Waals surface area contributed by atoms with E-state index in [-0.39, 0.29) is 36.3 Å². The maximum Gasteiger partial charge on any atom is 0.205 e. The van der Waals surface area contributed by atoms with Gasteiger partial charge in [0.05, 0.1) is 37.7 Å². The molecule has 0 aromatic heterocycles. The van der Waals surface area contributed by atoms with Crippen LogP contribution in [0, 0.1) is 34.0 Å². The highest BCUT2D eigenvalue weighted by molar-refractivity contribution is 8.03. The van der Waals surface area contributed by atoms with E-state index in [2.05, 4.69) is 57.3 Å². The highest BCUT2D eigenvalue weighted by Crippen LogP contribution is 2.39. The van der Waals surface area contributed by atoms with Gasteiger partial charge in [-0.3, -0.25) is 16.2 Å². The van der Waals surface area contributed by atoms with E-state index in [0.29, 0.717) is 56.0 Å². The van der Waals surface area contributed by atoms with Gasteiger partial charge in [0.1, 0.15) is 24.0 Å². The molecule has 0 unspecified atom stereocenters. The van der Waals surface area contributed by atoms with Gasteiger partial charge in [0.15, 0.2) is 11.8 Å². The van der Waals surface area contributed by atoms with E-state index < -0.39 is 0 Å². The summed E-state index contributed by atoms with van der Waals surface area (Å²) in [5.74, 6) is 3.59. The Morgan fingerprint density at radius 2 is 1.52 bits per heavy atom. The van der Waals surface area contributed by atoms with Gasteiger partial charge in [-0.25, -0.2) is 5.01 Å². The van der Waals surface area contributed by atoms with Crippen molar-refractivity contribution in [1.29, 1.82) is 16.2 Å². The average molecular weight is 866 g/mol. The van der Waals surface area contributed by atoms with Gasteiger partial charge in [-0.15, -0.1) is 0 Å².